The molecule has 9 nitrogen and oxygen atoms in total. The average molecular weight is 433 g/mol. The number of sulfonamides is 1. The molecule has 1 aromatic carbocycles. The summed E-state index contributed by atoms with van der Waals surface area (Å²) in [6, 6.07) is 10.0. The first-order chi connectivity index (χ1) is 14.5. The van der Waals surface area contributed by atoms with Crippen LogP contribution in [-0.2, 0) is 21.3 Å². The Bertz CT molecular complexity index is 984. The molecule has 4 rings (SSSR count). The molecule has 2 aromatic rings. The fraction of sp³-hybridized carbons (Fsp3) is 0.400. The highest BCUT2D eigenvalue weighted by atomic mass is 32.2. The molecule has 0 radical (unpaired) electrons. The molecule has 2 aliphatic rings. The molecule has 0 bridgehead atoms. The number of nitrogens with zero attached hydrogens (tertiary/aromatic N) is 3. The molecule has 0 aliphatic carbocycles. The minimum Gasteiger partial charge on any atom is -0.497 e. The lowest BCUT2D eigenvalue weighted by atomic mass is 10.1. The van der Waals surface area contributed by atoms with E-state index in [4.69, 9.17) is 9.47 Å². The first-order valence-electron chi connectivity index (χ1n) is 9.66. The zero-order valence-corrected chi connectivity index (χ0v) is 17.4. The summed E-state index contributed by atoms with van der Waals surface area (Å²) in [4.78, 5) is 18.3. The highest BCUT2D eigenvalue weighted by Gasteiger charge is 2.45. The number of urea groups is 1. The number of carbonyl (C=O) groups excluding carboxylic acids is 1. The summed E-state index contributed by atoms with van der Waals surface area (Å²) in [6.45, 7) is 0.910. The van der Waals surface area contributed by atoms with E-state index in [2.05, 4.69) is 10.3 Å². The number of benzene rings is 1. The van der Waals surface area contributed by atoms with Crippen molar-refractivity contribution in [2.45, 2.75) is 18.7 Å². The topological polar surface area (TPSA) is 101 Å². The molecular formula is C20H24N4O5S. The van der Waals surface area contributed by atoms with Crippen molar-refractivity contribution in [1.29, 1.82) is 0 Å². The molecular weight excluding hydrogens is 408 g/mol. The Morgan fingerprint density at radius 1 is 1.27 bits per heavy atom. The van der Waals surface area contributed by atoms with Gasteiger partial charge >= 0.3 is 6.03 Å². The second-order valence-electron chi connectivity index (χ2n) is 7.26. The van der Waals surface area contributed by atoms with Gasteiger partial charge in [0.1, 0.15) is 5.75 Å². The number of hydrogen-bond acceptors (Lipinski definition) is 6. The Labute approximate surface area is 175 Å². The number of hydrogen-bond donors (Lipinski definition) is 1. The van der Waals surface area contributed by atoms with Crippen molar-refractivity contribution in [2.75, 3.05) is 37.9 Å². The van der Waals surface area contributed by atoms with Crippen molar-refractivity contribution >= 4 is 21.7 Å². The van der Waals surface area contributed by atoms with Crippen molar-refractivity contribution in [2.24, 2.45) is 0 Å². The Hall–Kier alpha value is -2.69. The maximum absolute atomic E-state index is 12.9. The van der Waals surface area contributed by atoms with Gasteiger partial charge in [0, 0.05) is 19.3 Å². The lowest BCUT2D eigenvalue weighted by molar-refractivity contribution is 0.0472. The molecule has 2 saturated heterocycles. The van der Waals surface area contributed by atoms with Crippen LogP contribution in [0.5, 0.6) is 5.75 Å². The second kappa shape index (κ2) is 8.58. The number of likely N-dealkylation sites (tertiary alicyclic amines) is 1. The van der Waals surface area contributed by atoms with Gasteiger partial charge in [0.25, 0.3) is 0 Å². The van der Waals surface area contributed by atoms with Gasteiger partial charge in [-0.25, -0.2) is 13.2 Å². The van der Waals surface area contributed by atoms with Gasteiger partial charge < -0.3 is 19.7 Å². The van der Waals surface area contributed by atoms with E-state index in [1.807, 2.05) is 12.1 Å². The molecule has 1 aromatic heterocycles. The molecule has 2 atom stereocenters. The minimum absolute atomic E-state index is 0.0714. The van der Waals surface area contributed by atoms with Crippen LogP contribution in [0.25, 0.3) is 0 Å². The summed E-state index contributed by atoms with van der Waals surface area (Å²) < 4.78 is 38.3. The predicted octanol–water partition coefficient (Wildman–Crippen LogP) is 1.54. The highest BCUT2D eigenvalue weighted by molar-refractivity contribution is 7.89. The zero-order chi connectivity index (χ0) is 21.1. The standard InChI is InChI=1S/C20H24N4O5S/c1-28-17-6-4-15(5-7-17)12-24-18-13-23(14-19(18)29-9-10-30(24,26)27)20(25)22-16-3-2-8-21-11-16/h2-8,11,18-19H,9-10,12-14H2,1H3,(H,22,25)/t18-,19+/m1/s1. The molecule has 0 spiro atoms. The number of methoxy groups -OCH3 is 1. The number of rotatable bonds is 4. The summed E-state index contributed by atoms with van der Waals surface area (Å²) in [7, 11) is -1.94. The first-order valence-corrected chi connectivity index (χ1v) is 11.3. The number of fused-ring (bicyclic) bond motifs is 1. The lowest BCUT2D eigenvalue weighted by Crippen LogP contribution is -2.45. The largest absolute Gasteiger partial charge is 0.497 e. The van der Waals surface area contributed by atoms with Crippen LogP contribution < -0.4 is 10.1 Å². The Morgan fingerprint density at radius 3 is 2.77 bits per heavy atom. The number of carbonyl (C=O) groups is 1. The van der Waals surface area contributed by atoms with Crippen LogP contribution in [0.2, 0.25) is 0 Å². The fourth-order valence-corrected chi connectivity index (χ4v) is 5.26. The summed E-state index contributed by atoms with van der Waals surface area (Å²) >= 11 is 0. The van der Waals surface area contributed by atoms with E-state index in [0.717, 1.165) is 5.56 Å². The van der Waals surface area contributed by atoms with Crippen molar-refractivity contribution in [3.05, 3.63) is 54.4 Å². The molecule has 30 heavy (non-hydrogen) atoms. The van der Waals surface area contributed by atoms with Crippen LogP contribution >= 0.6 is 0 Å². The van der Waals surface area contributed by atoms with E-state index < -0.39 is 16.1 Å². The van der Waals surface area contributed by atoms with E-state index in [1.54, 1.807) is 48.7 Å². The Morgan fingerprint density at radius 2 is 2.07 bits per heavy atom. The summed E-state index contributed by atoms with van der Waals surface area (Å²) in [5.41, 5.74) is 1.43. The number of amides is 2. The van der Waals surface area contributed by atoms with Crippen LogP contribution in [0, 0.1) is 0 Å². The lowest BCUT2D eigenvalue weighted by Gasteiger charge is -2.28. The average Bonchev–Trinajstić information content (AvgIpc) is 3.12. The van der Waals surface area contributed by atoms with Gasteiger partial charge in [0.15, 0.2) is 0 Å². The van der Waals surface area contributed by atoms with Gasteiger partial charge in [-0.05, 0) is 29.8 Å². The van der Waals surface area contributed by atoms with Gasteiger partial charge in [-0.3, -0.25) is 4.98 Å². The van der Waals surface area contributed by atoms with Crippen LogP contribution in [0.15, 0.2) is 48.8 Å². The quantitative estimate of drug-likeness (QED) is 0.787. The third-order valence-corrected chi connectivity index (χ3v) is 7.13. The van der Waals surface area contributed by atoms with Crippen molar-refractivity contribution in [3.8, 4) is 5.75 Å². The van der Waals surface area contributed by atoms with E-state index in [1.165, 1.54) is 4.31 Å². The normalized spacial score (nSPS) is 23.4. The molecule has 160 valence electrons. The molecule has 3 heterocycles. The molecule has 1 N–H and O–H groups in total. The molecule has 2 amide bonds. The van der Waals surface area contributed by atoms with Gasteiger partial charge in [0.05, 0.1) is 50.0 Å². The van der Waals surface area contributed by atoms with Crippen LogP contribution in [0.3, 0.4) is 0 Å². The molecule has 0 saturated carbocycles. The predicted molar refractivity (Wildman–Crippen MR) is 111 cm³/mol. The number of ether oxygens (including phenoxy) is 2. The highest BCUT2D eigenvalue weighted by Crippen LogP contribution is 2.28. The minimum atomic E-state index is -3.53. The maximum Gasteiger partial charge on any atom is 0.322 e. The van der Waals surface area contributed by atoms with Crippen LogP contribution in [-0.4, -0.2) is 73.3 Å². The number of aromatic nitrogens is 1. The molecule has 0 unspecified atom stereocenters. The molecule has 2 aliphatic heterocycles. The zero-order valence-electron chi connectivity index (χ0n) is 16.6. The van der Waals surface area contributed by atoms with Crippen molar-refractivity contribution in [1.82, 2.24) is 14.2 Å². The van der Waals surface area contributed by atoms with Crippen molar-refractivity contribution < 1.29 is 22.7 Å². The molecule has 2 fully saturated rings. The molecule has 10 heteroatoms. The monoisotopic (exact) mass is 432 g/mol. The summed E-state index contributed by atoms with van der Waals surface area (Å²) in [6.07, 6.45) is 2.81. The second-order valence-corrected chi connectivity index (χ2v) is 9.30. The summed E-state index contributed by atoms with van der Waals surface area (Å²) in [5.74, 6) is 0.635. The first kappa shape index (κ1) is 20.6. The number of pyridine rings is 1. The van der Waals surface area contributed by atoms with Gasteiger partial charge in [-0.15, -0.1) is 0 Å². The van der Waals surface area contributed by atoms with E-state index >= 15 is 0 Å². The van der Waals surface area contributed by atoms with E-state index in [0.29, 0.717) is 18.0 Å². The van der Waals surface area contributed by atoms with Gasteiger partial charge in [-0.1, -0.05) is 12.1 Å². The van der Waals surface area contributed by atoms with Crippen LogP contribution in [0.1, 0.15) is 5.56 Å². The maximum atomic E-state index is 12.9. The smallest absolute Gasteiger partial charge is 0.322 e. The fourth-order valence-electron chi connectivity index (χ4n) is 3.76. The van der Waals surface area contributed by atoms with Crippen LogP contribution in [0.4, 0.5) is 10.5 Å². The van der Waals surface area contributed by atoms with E-state index in [9.17, 15) is 13.2 Å². The van der Waals surface area contributed by atoms with Gasteiger partial charge in [-0.2, -0.15) is 4.31 Å². The third-order valence-electron chi connectivity index (χ3n) is 5.33. The van der Waals surface area contributed by atoms with Gasteiger partial charge in [0.2, 0.25) is 10.0 Å². The number of anilines is 1. The van der Waals surface area contributed by atoms with Crippen molar-refractivity contribution in [3.63, 3.8) is 0 Å². The SMILES string of the molecule is COc1ccc(CN2[C@@H]3CN(C(=O)Nc4cccnc4)C[C@@H]3OCCS2(=O)=O)cc1. The third kappa shape index (κ3) is 4.40. The summed E-state index contributed by atoms with van der Waals surface area (Å²) in [5, 5.41) is 2.79. The Kier molecular flexibility index (Phi) is 5.89. The van der Waals surface area contributed by atoms with E-state index in [-0.39, 0.29) is 37.6 Å². The number of nitrogens with one attached hydrogen (secondary N) is 1. The Balaban J connectivity index is 1.52.